The lowest BCUT2D eigenvalue weighted by Crippen LogP contribution is -2.37. The highest BCUT2D eigenvalue weighted by molar-refractivity contribution is 5.98. The molecular weight excluding hydrogens is 352 g/mol. The van der Waals surface area contributed by atoms with E-state index in [4.69, 9.17) is 4.74 Å². The van der Waals surface area contributed by atoms with Crippen LogP contribution in [-0.2, 0) is 9.53 Å². The van der Waals surface area contributed by atoms with Gasteiger partial charge in [0.25, 0.3) is 5.91 Å². The van der Waals surface area contributed by atoms with Gasteiger partial charge in [-0.1, -0.05) is 55.7 Å². The molecule has 1 heterocycles. The molecule has 0 atom stereocenters. The predicted molar refractivity (Wildman–Crippen MR) is 107 cm³/mol. The summed E-state index contributed by atoms with van der Waals surface area (Å²) in [7, 11) is 0. The smallest absolute Gasteiger partial charge is 0.339 e. The largest absolute Gasteiger partial charge is 0.452 e. The van der Waals surface area contributed by atoms with Gasteiger partial charge in [-0.15, -0.1) is 0 Å². The van der Waals surface area contributed by atoms with Crippen molar-refractivity contribution in [2.45, 2.75) is 32.1 Å². The minimum absolute atomic E-state index is 0.148. The Bertz CT molecular complexity index is 877. The van der Waals surface area contributed by atoms with Crippen LogP contribution in [0.5, 0.6) is 0 Å². The van der Waals surface area contributed by atoms with Crippen LogP contribution in [0.15, 0.2) is 48.5 Å². The summed E-state index contributed by atoms with van der Waals surface area (Å²) >= 11 is 0. The van der Waals surface area contributed by atoms with Crippen molar-refractivity contribution in [2.75, 3.05) is 19.7 Å². The van der Waals surface area contributed by atoms with Gasteiger partial charge in [-0.05, 0) is 30.5 Å². The first-order chi connectivity index (χ1) is 13.7. The Hall–Kier alpha value is -3.13. The predicted octanol–water partition coefficient (Wildman–Crippen LogP) is 4.17. The number of esters is 1. The highest BCUT2D eigenvalue weighted by Gasteiger charge is 2.20. The van der Waals surface area contributed by atoms with Crippen molar-refractivity contribution in [1.82, 2.24) is 4.90 Å². The molecule has 1 saturated heterocycles. The minimum Gasteiger partial charge on any atom is -0.452 e. The van der Waals surface area contributed by atoms with Crippen LogP contribution in [0.1, 0.15) is 48.0 Å². The fourth-order valence-corrected chi connectivity index (χ4v) is 3.50. The van der Waals surface area contributed by atoms with E-state index in [1.165, 1.54) is 6.42 Å². The van der Waals surface area contributed by atoms with Crippen LogP contribution in [0.25, 0.3) is 11.1 Å². The third kappa shape index (κ3) is 4.77. The number of benzene rings is 2. The van der Waals surface area contributed by atoms with Crippen molar-refractivity contribution in [2.24, 2.45) is 0 Å². The van der Waals surface area contributed by atoms with E-state index in [-0.39, 0.29) is 12.5 Å². The molecule has 28 heavy (non-hydrogen) atoms. The lowest BCUT2D eigenvalue weighted by molar-refractivity contribution is -0.134. The van der Waals surface area contributed by atoms with Crippen LogP contribution < -0.4 is 0 Å². The second-order valence-electron chi connectivity index (χ2n) is 6.93. The summed E-state index contributed by atoms with van der Waals surface area (Å²) in [6.45, 7) is 1.19. The maximum atomic E-state index is 12.7. The van der Waals surface area contributed by atoms with E-state index in [1.54, 1.807) is 41.3 Å². The van der Waals surface area contributed by atoms with Crippen LogP contribution in [0.4, 0.5) is 0 Å². The molecule has 0 unspecified atom stereocenters. The highest BCUT2D eigenvalue weighted by Crippen LogP contribution is 2.27. The highest BCUT2D eigenvalue weighted by atomic mass is 16.5. The number of likely N-dealkylation sites (tertiary alicyclic amines) is 1. The molecule has 2 aromatic rings. The molecule has 1 aliphatic rings. The fourth-order valence-electron chi connectivity index (χ4n) is 3.50. The average molecular weight is 376 g/mol. The number of nitriles is 1. The van der Waals surface area contributed by atoms with Crippen molar-refractivity contribution >= 4 is 11.9 Å². The van der Waals surface area contributed by atoms with Gasteiger partial charge in [-0.25, -0.2) is 4.79 Å². The van der Waals surface area contributed by atoms with Gasteiger partial charge in [0.2, 0.25) is 0 Å². The Morgan fingerprint density at radius 3 is 2.21 bits per heavy atom. The molecule has 1 aliphatic heterocycles. The molecule has 144 valence electrons. The van der Waals surface area contributed by atoms with E-state index in [2.05, 4.69) is 6.07 Å². The van der Waals surface area contributed by atoms with E-state index in [1.807, 2.05) is 12.1 Å². The fraction of sp³-hybridized carbons (Fsp3) is 0.348. The van der Waals surface area contributed by atoms with Crippen LogP contribution in [-0.4, -0.2) is 36.5 Å². The Morgan fingerprint density at radius 2 is 1.50 bits per heavy atom. The summed E-state index contributed by atoms with van der Waals surface area (Å²) < 4.78 is 5.34. The van der Waals surface area contributed by atoms with E-state index >= 15 is 0 Å². The number of carbonyl (C=O) groups is 2. The molecule has 0 spiro atoms. The van der Waals surface area contributed by atoms with Gasteiger partial charge >= 0.3 is 5.97 Å². The van der Waals surface area contributed by atoms with Gasteiger partial charge in [-0.2, -0.15) is 5.26 Å². The molecule has 5 heteroatoms. The van der Waals surface area contributed by atoms with E-state index in [0.717, 1.165) is 38.8 Å². The molecule has 0 saturated carbocycles. The van der Waals surface area contributed by atoms with E-state index < -0.39 is 5.97 Å². The number of hydrogen-bond acceptors (Lipinski definition) is 4. The molecule has 0 radical (unpaired) electrons. The summed E-state index contributed by atoms with van der Waals surface area (Å²) in [4.78, 5) is 26.9. The molecule has 0 aliphatic carbocycles. The maximum Gasteiger partial charge on any atom is 0.339 e. The lowest BCUT2D eigenvalue weighted by Gasteiger charge is -2.24. The summed E-state index contributed by atoms with van der Waals surface area (Å²) in [5.41, 5.74) is 2.14. The van der Waals surface area contributed by atoms with Gasteiger partial charge in [-0.3, -0.25) is 4.79 Å². The quantitative estimate of drug-likeness (QED) is 0.751. The van der Waals surface area contributed by atoms with E-state index in [0.29, 0.717) is 22.3 Å². The molecule has 2 aromatic carbocycles. The second-order valence-corrected chi connectivity index (χ2v) is 6.93. The van der Waals surface area contributed by atoms with Gasteiger partial charge in [0.1, 0.15) is 0 Å². The van der Waals surface area contributed by atoms with Gasteiger partial charge < -0.3 is 9.64 Å². The van der Waals surface area contributed by atoms with Crippen molar-refractivity contribution in [3.63, 3.8) is 0 Å². The molecule has 1 amide bonds. The van der Waals surface area contributed by atoms with Crippen molar-refractivity contribution in [3.8, 4) is 17.2 Å². The summed E-state index contributed by atoms with van der Waals surface area (Å²) in [5, 5.41) is 9.36. The number of amides is 1. The summed E-state index contributed by atoms with van der Waals surface area (Å²) in [6.07, 6.45) is 5.48. The van der Waals surface area contributed by atoms with Gasteiger partial charge in [0.05, 0.1) is 17.2 Å². The van der Waals surface area contributed by atoms with Gasteiger partial charge in [0.15, 0.2) is 6.61 Å². The Morgan fingerprint density at radius 1 is 0.893 bits per heavy atom. The van der Waals surface area contributed by atoms with Crippen molar-refractivity contribution in [1.29, 1.82) is 5.26 Å². The molecule has 0 aromatic heterocycles. The average Bonchev–Trinajstić information content (AvgIpc) is 2.71. The summed E-state index contributed by atoms with van der Waals surface area (Å²) in [5.74, 6) is -0.700. The molecule has 0 N–H and O–H groups in total. The number of ether oxygens (including phenoxy) is 1. The first-order valence-corrected chi connectivity index (χ1v) is 9.74. The first-order valence-electron chi connectivity index (χ1n) is 9.74. The monoisotopic (exact) mass is 376 g/mol. The SMILES string of the molecule is N#Cc1ccccc1-c1ccccc1C(=O)OCC(=O)N1CCCCCCC1. The van der Waals surface area contributed by atoms with Crippen LogP contribution in [0.2, 0.25) is 0 Å². The number of rotatable bonds is 4. The number of hydrogen-bond donors (Lipinski definition) is 0. The maximum absolute atomic E-state index is 12.7. The zero-order valence-corrected chi connectivity index (χ0v) is 15.9. The molecule has 5 nitrogen and oxygen atoms in total. The molecule has 3 rings (SSSR count). The minimum atomic E-state index is -0.552. The van der Waals surface area contributed by atoms with E-state index in [9.17, 15) is 14.9 Å². The Labute approximate surface area is 165 Å². The second kappa shape index (κ2) is 9.70. The third-order valence-corrected chi connectivity index (χ3v) is 5.02. The normalized spacial score (nSPS) is 14.5. The zero-order chi connectivity index (χ0) is 19.8. The molecule has 1 fully saturated rings. The topological polar surface area (TPSA) is 70.4 Å². The Kier molecular flexibility index (Phi) is 6.80. The standard InChI is InChI=1S/C23H24N2O3/c24-16-18-10-4-5-11-19(18)20-12-6-7-13-21(20)23(27)28-17-22(26)25-14-8-2-1-3-9-15-25/h4-7,10-13H,1-3,8-9,14-15,17H2. The molecular formula is C23H24N2O3. The molecule has 0 bridgehead atoms. The number of carbonyl (C=O) groups excluding carboxylic acids is 2. The zero-order valence-electron chi connectivity index (χ0n) is 15.9. The van der Waals surface area contributed by atoms with Crippen LogP contribution in [0.3, 0.4) is 0 Å². The van der Waals surface area contributed by atoms with Crippen molar-refractivity contribution < 1.29 is 14.3 Å². The van der Waals surface area contributed by atoms with Crippen LogP contribution >= 0.6 is 0 Å². The van der Waals surface area contributed by atoms with Crippen LogP contribution in [0, 0.1) is 11.3 Å². The lowest BCUT2D eigenvalue weighted by atomic mass is 9.96. The number of nitrogens with zero attached hydrogens (tertiary/aromatic N) is 2. The summed E-state index contributed by atoms with van der Waals surface area (Å²) in [6, 6.07) is 16.3. The van der Waals surface area contributed by atoms with Gasteiger partial charge in [0, 0.05) is 18.7 Å². The Balaban J connectivity index is 1.71. The first kappa shape index (κ1) is 19.6. The van der Waals surface area contributed by atoms with Crippen molar-refractivity contribution in [3.05, 3.63) is 59.7 Å². The third-order valence-electron chi connectivity index (χ3n) is 5.02.